The lowest BCUT2D eigenvalue weighted by Crippen LogP contribution is -2.30. The van der Waals surface area contributed by atoms with E-state index in [9.17, 15) is 4.79 Å². The van der Waals surface area contributed by atoms with Crippen LogP contribution in [0.1, 0.15) is 96.1 Å². The maximum atomic E-state index is 11.9. The van der Waals surface area contributed by atoms with Crippen molar-refractivity contribution in [2.45, 2.75) is 90.6 Å². The molecule has 0 radical (unpaired) electrons. The van der Waals surface area contributed by atoms with E-state index in [0.29, 0.717) is 17.6 Å². The fourth-order valence-corrected chi connectivity index (χ4v) is 3.84. The smallest absolute Gasteiger partial charge is 0.344 e. The number of aromatic hydroxyl groups is 1. The number of hydrogen-bond donors (Lipinski definition) is 1. The molecule has 2 atom stereocenters. The average molecular weight is 441 g/mol. The Balaban J connectivity index is 0.000000278. The van der Waals surface area contributed by atoms with Crippen molar-refractivity contribution in [2.75, 3.05) is 6.61 Å². The number of ether oxygens (including phenoxy) is 2. The van der Waals surface area contributed by atoms with Gasteiger partial charge in [-0.05, 0) is 92.7 Å². The summed E-state index contributed by atoms with van der Waals surface area (Å²) in [5.41, 5.74) is 2.32. The van der Waals surface area contributed by atoms with E-state index >= 15 is 0 Å². The molecule has 2 aromatic rings. The summed E-state index contributed by atoms with van der Waals surface area (Å²) in [6, 6.07) is 15.4. The first kappa shape index (κ1) is 25.8. The molecule has 0 heterocycles. The number of phenolic OH excluding ortho intramolecular Hbond substituents is 1. The Morgan fingerprint density at radius 2 is 1.38 bits per heavy atom. The SMILES string of the molecule is CCC(C)c1ccc(O)cc1.CCC(C)c1ccc(OCC(=O)OC2(C)CCCC2)cc1. The molecule has 2 unspecified atom stereocenters. The third kappa shape index (κ3) is 8.22. The lowest BCUT2D eigenvalue weighted by Gasteiger charge is -2.24. The number of carbonyl (C=O) groups excluding carboxylic acids is 1. The van der Waals surface area contributed by atoms with Crippen LogP contribution >= 0.6 is 0 Å². The van der Waals surface area contributed by atoms with Crippen LogP contribution in [0.5, 0.6) is 11.5 Å². The molecule has 1 fully saturated rings. The minimum Gasteiger partial charge on any atom is -0.508 e. The minimum absolute atomic E-state index is 0.0156. The predicted octanol–water partition coefficient (Wildman–Crippen LogP) is 7.36. The van der Waals surface area contributed by atoms with Crippen LogP contribution in [0.15, 0.2) is 48.5 Å². The van der Waals surface area contributed by atoms with E-state index in [1.165, 1.54) is 11.1 Å². The Bertz CT molecular complexity index is 804. The van der Waals surface area contributed by atoms with E-state index in [1.54, 1.807) is 12.1 Å². The number of phenols is 1. The van der Waals surface area contributed by atoms with Gasteiger partial charge in [-0.2, -0.15) is 0 Å². The van der Waals surface area contributed by atoms with E-state index in [2.05, 4.69) is 39.8 Å². The number of hydrogen-bond acceptors (Lipinski definition) is 4. The zero-order chi connectivity index (χ0) is 23.6. The molecule has 0 amide bonds. The van der Waals surface area contributed by atoms with Crippen LogP contribution in [0, 0.1) is 0 Å². The lowest BCUT2D eigenvalue weighted by atomic mass is 9.99. The predicted molar refractivity (Wildman–Crippen MR) is 130 cm³/mol. The molecule has 0 aliphatic heterocycles. The van der Waals surface area contributed by atoms with Gasteiger partial charge in [0.2, 0.25) is 0 Å². The van der Waals surface area contributed by atoms with Gasteiger partial charge >= 0.3 is 5.97 Å². The fraction of sp³-hybridized carbons (Fsp3) is 0.536. The first-order chi connectivity index (χ1) is 15.3. The zero-order valence-corrected chi connectivity index (χ0v) is 20.4. The molecule has 2 aromatic carbocycles. The van der Waals surface area contributed by atoms with Crippen molar-refractivity contribution >= 4 is 5.97 Å². The molecule has 3 rings (SSSR count). The van der Waals surface area contributed by atoms with Gasteiger partial charge in [-0.15, -0.1) is 0 Å². The molecular weight excluding hydrogens is 400 g/mol. The highest BCUT2D eigenvalue weighted by atomic mass is 16.6. The molecule has 1 aliphatic rings. The first-order valence-electron chi connectivity index (χ1n) is 12.0. The Hall–Kier alpha value is -2.49. The van der Waals surface area contributed by atoms with Crippen molar-refractivity contribution in [3.63, 3.8) is 0 Å². The molecule has 1 saturated carbocycles. The quantitative estimate of drug-likeness (QED) is 0.436. The molecule has 4 heteroatoms. The molecule has 176 valence electrons. The van der Waals surface area contributed by atoms with Crippen molar-refractivity contribution in [1.82, 2.24) is 0 Å². The molecule has 0 spiro atoms. The minimum atomic E-state index is -0.277. The van der Waals surface area contributed by atoms with Crippen molar-refractivity contribution < 1.29 is 19.4 Å². The van der Waals surface area contributed by atoms with Crippen LogP contribution in [0.4, 0.5) is 0 Å². The average Bonchev–Trinajstić information content (AvgIpc) is 3.23. The third-order valence-corrected chi connectivity index (χ3v) is 6.51. The van der Waals surface area contributed by atoms with Gasteiger partial charge in [0.05, 0.1) is 0 Å². The number of esters is 1. The molecule has 1 N–H and O–H groups in total. The normalized spacial score (nSPS) is 16.4. The highest BCUT2D eigenvalue weighted by Crippen LogP contribution is 2.32. The van der Waals surface area contributed by atoms with Gasteiger partial charge in [0.25, 0.3) is 0 Å². The van der Waals surface area contributed by atoms with E-state index in [-0.39, 0.29) is 18.2 Å². The summed E-state index contributed by atoms with van der Waals surface area (Å²) >= 11 is 0. The lowest BCUT2D eigenvalue weighted by molar-refractivity contribution is -0.159. The monoisotopic (exact) mass is 440 g/mol. The summed E-state index contributed by atoms with van der Waals surface area (Å²) in [5.74, 6) is 1.93. The van der Waals surface area contributed by atoms with Gasteiger partial charge in [0, 0.05) is 0 Å². The summed E-state index contributed by atoms with van der Waals surface area (Å²) in [6.07, 6.45) is 6.46. The van der Waals surface area contributed by atoms with Crippen LogP contribution in [0.3, 0.4) is 0 Å². The molecule has 0 bridgehead atoms. The number of carbonyl (C=O) groups is 1. The second kappa shape index (κ2) is 12.5. The molecule has 1 aliphatic carbocycles. The Morgan fingerprint density at radius 3 is 1.84 bits per heavy atom. The largest absolute Gasteiger partial charge is 0.508 e. The van der Waals surface area contributed by atoms with Gasteiger partial charge in [-0.25, -0.2) is 4.79 Å². The highest BCUT2D eigenvalue weighted by Gasteiger charge is 2.32. The fourth-order valence-electron chi connectivity index (χ4n) is 3.84. The number of rotatable bonds is 8. The summed E-state index contributed by atoms with van der Waals surface area (Å²) in [6.45, 7) is 10.7. The van der Waals surface area contributed by atoms with Gasteiger partial charge in [-0.1, -0.05) is 52.0 Å². The topological polar surface area (TPSA) is 55.8 Å². The van der Waals surface area contributed by atoms with Crippen LogP contribution in [0.25, 0.3) is 0 Å². The van der Waals surface area contributed by atoms with Crippen LogP contribution in [0.2, 0.25) is 0 Å². The molecular formula is C28H40O4. The standard InChI is InChI=1S/C18H26O3.C10H14O/c1-4-14(2)15-7-9-16(10-8-15)20-13-17(19)21-18(3)11-5-6-12-18;1-3-8(2)9-4-6-10(11)7-5-9/h7-10,14H,4-6,11-13H2,1-3H3;4-8,11H,3H2,1-2H3. The zero-order valence-electron chi connectivity index (χ0n) is 20.4. The van der Waals surface area contributed by atoms with Crippen molar-refractivity contribution in [2.24, 2.45) is 0 Å². The second-order valence-electron chi connectivity index (χ2n) is 9.20. The molecule has 32 heavy (non-hydrogen) atoms. The highest BCUT2D eigenvalue weighted by molar-refractivity contribution is 5.71. The van der Waals surface area contributed by atoms with Gasteiger partial charge in [0.15, 0.2) is 6.61 Å². The van der Waals surface area contributed by atoms with Crippen molar-refractivity contribution in [3.8, 4) is 11.5 Å². The molecule has 4 nitrogen and oxygen atoms in total. The van der Waals surface area contributed by atoms with E-state index < -0.39 is 0 Å². The summed E-state index contributed by atoms with van der Waals surface area (Å²) in [7, 11) is 0. The Labute approximate surface area is 194 Å². The third-order valence-electron chi connectivity index (χ3n) is 6.51. The Kier molecular flexibility index (Phi) is 10.1. The maximum Gasteiger partial charge on any atom is 0.344 e. The van der Waals surface area contributed by atoms with Gasteiger partial charge in [-0.3, -0.25) is 0 Å². The van der Waals surface area contributed by atoms with E-state index in [1.807, 2.05) is 31.2 Å². The second-order valence-corrected chi connectivity index (χ2v) is 9.20. The van der Waals surface area contributed by atoms with E-state index in [0.717, 1.165) is 44.3 Å². The van der Waals surface area contributed by atoms with Crippen LogP contribution < -0.4 is 4.74 Å². The van der Waals surface area contributed by atoms with Gasteiger partial charge < -0.3 is 14.6 Å². The van der Waals surface area contributed by atoms with Crippen molar-refractivity contribution in [1.29, 1.82) is 0 Å². The summed E-state index contributed by atoms with van der Waals surface area (Å²) in [5, 5.41) is 9.01. The van der Waals surface area contributed by atoms with E-state index in [4.69, 9.17) is 14.6 Å². The summed E-state index contributed by atoms with van der Waals surface area (Å²) in [4.78, 5) is 11.9. The summed E-state index contributed by atoms with van der Waals surface area (Å²) < 4.78 is 11.1. The van der Waals surface area contributed by atoms with Crippen LogP contribution in [-0.4, -0.2) is 23.3 Å². The molecule has 0 saturated heterocycles. The number of benzene rings is 2. The van der Waals surface area contributed by atoms with Crippen LogP contribution in [-0.2, 0) is 9.53 Å². The molecule has 0 aromatic heterocycles. The Morgan fingerprint density at radius 1 is 0.906 bits per heavy atom. The maximum absolute atomic E-state index is 11.9. The van der Waals surface area contributed by atoms with Crippen molar-refractivity contribution in [3.05, 3.63) is 59.7 Å². The first-order valence-corrected chi connectivity index (χ1v) is 12.0. The van der Waals surface area contributed by atoms with Gasteiger partial charge in [0.1, 0.15) is 17.1 Å².